The summed E-state index contributed by atoms with van der Waals surface area (Å²) in [6.07, 6.45) is 0.645. The molecule has 0 aromatic heterocycles. The molecule has 0 aromatic carbocycles. The van der Waals surface area contributed by atoms with E-state index in [4.69, 9.17) is 14.2 Å². The van der Waals surface area contributed by atoms with Crippen LogP contribution in [0.4, 0.5) is 0 Å². The second kappa shape index (κ2) is 10.9. The van der Waals surface area contributed by atoms with E-state index in [2.05, 4.69) is 8.37 Å². The van der Waals surface area contributed by atoms with Crippen LogP contribution in [0.2, 0.25) is 0 Å². The van der Waals surface area contributed by atoms with Crippen molar-refractivity contribution in [3.8, 4) is 0 Å². The van der Waals surface area contributed by atoms with Crippen molar-refractivity contribution in [2.24, 2.45) is 0 Å². The molecule has 0 rings (SSSR count). The average molecular weight is 392 g/mol. The fourth-order valence-corrected chi connectivity index (χ4v) is 3.26. The van der Waals surface area contributed by atoms with E-state index in [9.17, 15) is 21.6 Å². The van der Waals surface area contributed by atoms with Crippen molar-refractivity contribution in [1.29, 1.82) is 0 Å². The van der Waals surface area contributed by atoms with Gasteiger partial charge < -0.3 is 5.11 Å². The van der Waals surface area contributed by atoms with Gasteiger partial charge in [-0.25, -0.2) is 8.37 Å². The van der Waals surface area contributed by atoms with E-state index in [1.807, 2.05) is 0 Å². The summed E-state index contributed by atoms with van der Waals surface area (Å²) < 4.78 is 69.7. The number of aliphatic carboxylic acids is 1. The highest BCUT2D eigenvalue weighted by atomic mass is 32.3. The van der Waals surface area contributed by atoms with E-state index < -0.39 is 39.0 Å². The van der Waals surface area contributed by atoms with Crippen LogP contribution in [0.25, 0.3) is 0 Å². The van der Waals surface area contributed by atoms with Crippen molar-refractivity contribution in [2.45, 2.75) is 70.5 Å². The molecule has 0 amide bonds. The molecular weight excluding hydrogens is 368 g/mol. The van der Waals surface area contributed by atoms with Gasteiger partial charge in [0.1, 0.15) is 12.2 Å². The fraction of sp³-hybridized carbons (Fsp3) is 0.917. The first kappa shape index (κ1) is 23.2. The van der Waals surface area contributed by atoms with Crippen molar-refractivity contribution in [3.63, 3.8) is 0 Å². The summed E-state index contributed by atoms with van der Waals surface area (Å²) in [5, 5.41) is 8.50. The Kier molecular flexibility index (Phi) is 10.6. The van der Waals surface area contributed by atoms with Crippen molar-refractivity contribution >= 4 is 26.8 Å². The van der Waals surface area contributed by atoms with Crippen LogP contribution in [0, 0.1) is 0 Å². The minimum atomic E-state index is -4.82. The van der Waals surface area contributed by atoms with Crippen LogP contribution in [0.3, 0.4) is 0 Å². The number of rotatable bonds is 14. The van der Waals surface area contributed by atoms with Crippen LogP contribution in [0.5, 0.6) is 0 Å². The topological polar surface area (TPSA) is 164 Å². The van der Waals surface area contributed by atoms with Gasteiger partial charge in [0.15, 0.2) is 0 Å². The monoisotopic (exact) mass is 392 g/mol. The lowest BCUT2D eigenvalue weighted by atomic mass is 10.0. The number of hydrogen-bond donors (Lipinski definition) is 3. The average Bonchev–Trinajstić information content (AvgIpc) is 2.39. The fourth-order valence-electron chi connectivity index (χ4n) is 2.15. The van der Waals surface area contributed by atoms with Crippen LogP contribution in [-0.4, -0.2) is 49.2 Å². The molecule has 0 heterocycles. The zero-order valence-electron chi connectivity index (χ0n) is 13.3. The molecule has 0 fully saturated rings. The molecule has 0 aromatic rings. The second-order valence-electron chi connectivity index (χ2n) is 5.23. The maximum atomic E-state index is 10.9. The molecule has 0 saturated carbocycles. The molecule has 0 aliphatic rings. The first-order valence-electron chi connectivity index (χ1n) is 7.47. The van der Waals surface area contributed by atoms with Gasteiger partial charge in [-0.15, -0.1) is 0 Å². The molecule has 3 N–H and O–H groups in total. The SMILES string of the molecule is CCC(OS(=O)(=O)O)C(CCCCCCCC(=O)O)OS(=O)(=O)O. The molecule has 2 unspecified atom stereocenters. The highest BCUT2D eigenvalue weighted by Gasteiger charge is 2.29. The zero-order chi connectivity index (χ0) is 18.8. The maximum Gasteiger partial charge on any atom is 0.397 e. The van der Waals surface area contributed by atoms with Gasteiger partial charge in [0, 0.05) is 6.42 Å². The van der Waals surface area contributed by atoms with E-state index in [1.54, 1.807) is 0 Å². The minimum absolute atomic E-state index is 0.0264. The third-order valence-corrected chi connectivity index (χ3v) is 4.17. The summed E-state index contributed by atoms with van der Waals surface area (Å²) in [4.78, 5) is 10.4. The van der Waals surface area contributed by atoms with Gasteiger partial charge in [-0.3, -0.25) is 13.9 Å². The van der Waals surface area contributed by atoms with Crippen molar-refractivity contribution in [3.05, 3.63) is 0 Å². The number of carbonyl (C=O) groups is 1. The highest BCUT2D eigenvalue weighted by molar-refractivity contribution is 7.81. The van der Waals surface area contributed by atoms with E-state index in [1.165, 1.54) is 6.92 Å². The van der Waals surface area contributed by atoms with Gasteiger partial charge in [-0.1, -0.05) is 32.6 Å². The van der Waals surface area contributed by atoms with Gasteiger partial charge in [-0.2, -0.15) is 16.8 Å². The molecular formula is C12H24O10S2. The van der Waals surface area contributed by atoms with E-state index in [-0.39, 0.29) is 19.3 Å². The van der Waals surface area contributed by atoms with Crippen molar-refractivity contribution in [1.82, 2.24) is 0 Å². The molecule has 0 spiro atoms. The lowest BCUT2D eigenvalue weighted by molar-refractivity contribution is -0.137. The van der Waals surface area contributed by atoms with Gasteiger partial charge in [-0.05, 0) is 19.3 Å². The molecule has 10 nitrogen and oxygen atoms in total. The molecule has 0 aliphatic carbocycles. The van der Waals surface area contributed by atoms with Crippen molar-refractivity contribution < 1.29 is 44.2 Å². The maximum absolute atomic E-state index is 10.9. The summed E-state index contributed by atoms with van der Waals surface area (Å²) >= 11 is 0. The Morgan fingerprint density at radius 3 is 1.79 bits per heavy atom. The second-order valence-corrected chi connectivity index (χ2v) is 7.33. The molecule has 0 bridgehead atoms. The van der Waals surface area contributed by atoms with Gasteiger partial charge in [0.05, 0.1) is 0 Å². The summed E-state index contributed by atoms with van der Waals surface area (Å²) in [7, 11) is -9.62. The zero-order valence-corrected chi connectivity index (χ0v) is 15.0. The van der Waals surface area contributed by atoms with Crippen LogP contribution in [0.15, 0.2) is 0 Å². The first-order valence-corrected chi connectivity index (χ1v) is 10.2. The third-order valence-electron chi connectivity index (χ3n) is 3.19. The molecule has 0 aliphatic heterocycles. The Bertz CT molecular complexity index is 569. The molecule has 2 atom stereocenters. The quantitative estimate of drug-likeness (QED) is 0.292. The molecule has 12 heteroatoms. The number of hydrogen-bond acceptors (Lipinski definition) is 7. The van der Waals surface area contributed by atoms with Crippen LogP contribution in [0.1, 0.15) is 58.3 Å². The predicted octanol–water partition coefficient (Wildman–Crippen LogP) is 1.59. The summed E-state index contributed by atoms with van der Waals surface area (Å²) in [6.45, 7) is 1.50. The highest BCUT2D eigenvalue weighted by Crippen LogP contribution is 2.19. The van der Waals surface area contributed by atoms with Gasteiger partial charge >= 0.3 is 26.8 Å². The van der Waals surface area contributed by atoms with E-state index in [0.717, 1.165) is 0 Å². The first-order chi connectivity index (χ1) is 10.9. The Hall–Kier alpha value is -0.790. The summed E-state index contributed by atoms with van der Waals surface area (Å²) in [5.74, 6) is -0.871. The minimum Gasteiger partial charge on any atom is -0.481 e. The van der Waals surface area contributed by atoms with Gasteiger partial charge in [0.25, 0.3) is 0 Å². The Labute approximate surface area is 142 Å². The Balaban J connectivity index is 4.48. The summed E-state index contributed by atoms with van der Waals surface area (Å²) in [6, 6.07) is 0. The number of unbranched alkanes of at least 4 members (excludes halogenated alkanes) is 4. The standard InChI is InChI=1S/C12H24O10S2/c1-2-10(21-23(15,16)17)11(22-24(18,19)20)8-6-4-3-5-7-9-12(13)14/h10-11H,2-9H2,1H3,(H,13,14)(H,15,16,17)(H,18,19,20). The predicted molar refractivity (Wildman–Crippen MR) is 83.1 cm³/mol. The van der Waals surface area contributed by atoms with Crippen LogP contribution >= 0.6 is 0 Å². The largest absolute Gasteiger partial charge is 0.481 e. The Morgan fingerprint density at radius 2 is 1.33 bits per heavy atom. The molecule has 0 saturated heterocycles. The molecule has 24 heavy (non-hydrogen) atoms. The van der Waals surface area contributed by atoms with Crippen molar-refractivity contribution in [2.75, 3.05) is 0 Å². The van der Waals surface area contributed by atoms with E-state index >= 15 is 0 Å². The van der Waals surface area contributed by atoms with E-state index in [0.29, 0.717) is 32.1 Å². The number of carboxylic acid groups (broad SMARTS) is 1. The third kappa shape index (κ3) is 13.6. The molecule has 144 valence electrons. The molecule has 0 radical (unpaired) electrons. The van der Waals surface area contributed by atoms with Crippen LogP contribution in [-0.2, 0) is 34.0 Å². The Morgan fingerprint density at radius 1 is 0.875 bits per heavy atom. The van der Waals surface area contributed by atoms with Gasteiger partial charge in [0.2, 0.25) is 0 Å². The lowest BCUT2D eigenvalue weighted by Crippen LogP contribution is -2.34. The smallest absolute Gasteiger partial charge is 0.397 e. The summed E-state index contributed by atoms with van der Waals surface area (Å²) in [5.41, 5.74) is 0. The lowest BCUT2D eigenvalue weighted by Gasteiger charge is -2.23. The van der Waals surface area contributed by atoms with Crippen LogP contribution < -0.4 is 0 Å². The normalized spacial score (nSPS) is 15.1. The number of carboxylic acids is 1.